The van der Waals surface area contributed by atoms with Gasteiger partial charge in [0.1, 0.15) is 0 Å². The zero-order valence-electron chi connectivity index (χ0n) is 11.4. The number of aliphatic carboxylic acids is 1. The molecule has 5 heteroatoms. The maximum atomic E-state index is 11.9. The molecule has 1 heterocycles. The quantitative estimate of drug-likeness (QED) is 0.774. The number of carboxylic acid groups (broad SMARTS) is 1. The normalized spacial score (nSPS) is 20.3. The molecule has 2 fully saturated rings. The highest BCUT2D eigenvalue weighted by atomic mass is 16.4. The van der Waals surface area contributed by atoms with Gasteiger partial charge in [-0.15, -0.1) is 0 Å². The molecule has 1 saturated carbocycles. The topological polar surface area (TPSA) is 69.6 Å². The van der Waals surface area contributed by atoms with Crippen LogP contribution in [0.25, 0.3) is 0 Å². The highest BCUT2D eigenvalue weighted by Crippen LogP contribution is 2.31. The van der Waals surface area contributed by atoms with E-state index in [0.29, 0.717) is 5.92 Å². The largest absolute Gasteiger partial charge is 0.481 e. The standard InChI is InChI=1S/C14H24N2O3/c17-13(18)4-3-12-6-9-16(10-7-12)14(19)15-8-5-11-1-2-11/h11-12H,1-10H2,(H,15,19)(H,17,18). The van der Waals surface area contributed by atoms with E-state index >= 15 is 0 Å². The summed E-state index contributed by atoms with van der Waals surface area (Å²) in [5.41, 5.74) is 0. The van der Waals surface area contributed by atoms with E-state index in [2.05, 4.69) is 5.32 Å². The van der Waals surface area contributed by atoms with Crippen molar-refractivity contribution in [3.8, 4) is 0 Å². The summed E-state index contributed by atoms with van der Waals surface area (Å²) in [6.07, 6.45) is 6.62. The molecule has 1 aliphatic carbocycles. The number of hydrogen-bond acceptors (Lipinski definition) is 2. The van der Waals surface area contributed by atoms with E-state index in [1.807, 2.05) is 4.90 Å². The Morgan fingerprint density at radius 3 is 2.26 bits per heavy atom. The number of likely N-dealkylation sites (tertiary alicyclic amines) is 1. The lowest BCUT2D eigenvalue weighted by molar-refractivity contribution is -0.137. The van der Waals surface area contributed by atoms with Crippen molar-refractivity contribution in [1.82, 2.24) is 10.2 Å². The van der Waals surface area contributed by atoms with Crippen LogP contribution in [0.2, 0.25) is 0 Å². The van der Waals surface area contributed by atoms with Gasteiger partial charge in [0.05, 0.1) is 0 Å². The van der Waals surface area contributed by atoms with Crippen molar-refractivity contribution in [2.45, 2.75) is 44.9 Å². The van der Waals surface area contributed by atoms with Crippen molar-refractivity contribution in [1.29, 1.82) is 0 Å². The van der Waals surface area contributed by atoms with Crippen LogP contribution in [0.5, 0.6) is 0 Å². The van der Waals surface area contributed by atoms with Crippen molar-refractivity contribution < 1.29 is 14.7 Å². The molecule has 108 valence electrons. The van der Waals surface area contributed by atoms with Gasteiger partial charge < -0.3 is 15.3 Å². The van der Waals surface area contributed by atoms with E-state index in [-0.39, 0.29) is 12.5 Å². The molecule has 2 rings (SSSR count). The molecule has 5 nitrogen and oxygen atoms in total. The average molecular weight is 268 g/mol. The summed E-state index contributed by atoms with van der Waals surface area (Å²) in [5, 5.41) is 11.6. The molecular formula is C14H24N2O3. The van der Waals surface area contributed by atoms with E-state index in [0.717, 1.165) is 51.2 Å². The molecule has 1 aliphatic heterocycles. The molecule has 0 spiro atoms. The molecule has 0 atom stereocenters. The Morgan fingerprint density at radius 1 is 1.05 bits per heavy atom. The Labute approximate surface area is 114 Å². The zero-order chi connectivity index (χ0) is 13.7. The smallest absolute Gasteiger partial charge is 0.317 e. The molecule has 0 aromatic rings. The van der Waals surface area contributed by atoms with Crippen molar-refractivity contribution in [2.75, 3.05) is 19.6 Å². The number of nitrogens with zero attached hydrogens (tertiary/aromatic N) is 1. The van der Waals surface area contributed by atoms with Crippen molar-refractivity contribution in [3.63, 3.8) is 0 Å². The molecule has 2 N–H and O–H groups in total. The van der Waals surface area contributed by atoms with E-state index in [1.54, 1.807) is 0 Å². The number of rotatable bonds is 6. The number of carboxylic acids is 1. The third kappa shape index (κ3) is 5.09. The van der Waals surface area contributed by atoms with Crippen LogP contribution >= 0.6 is 0 Å². The van der Waals surface area contributed by atoms with E-state index in [1.165, 1.54) is 12.8 Å². The number of piperidine rings is 1. The van der Waals surface area contributed by atoms with Crippen LogP contribution in [0.1, 0.15) is 44.9 Å². The number of amides is 2. The molecule has 0 aromatic heterocycles. The van der Waals surface area contributed by atoms with Gasteiger partial charge in [-0.2, -0.15) is 0 Å². The number of nitrogens with one attached hydrogen (secondary N) is 1. The lowest BCUT2D eigenvalue weighted by Gasteiger charge is -2.31. The Bertz CT molecular complexity index is 321. The van der Waals surface area contributed by atoms with Gasteiger partial charge in [0.2, 0.25) is 0 Å². The van der Waals surface area contributed by atoms with Crippen molar-refractivity contribution >= 4 is 12.0 Å². The minimum atomic E-state index is -0.722. The van der Waals surface area contributed by atoms with Crippen molar-refractivity contribution in [2.24, 2.45) is 11.8 Å². The molecule has 0 aromatic carbocycles. The predicted octanol–water partition coefficient (Wildman–Crippen LogP) is 2.07. The van der Waals surface area contributed by atoms with Crippen LogP contribution in [-0.2, 0) is 4.79 Å². The van der Waals surface area contributed by atoms with Crippen molar-refractivity contribution in [3.05, 3.63) is 0 Å². The molecule has 1 saturated heterocycles. The van der Waals surface area contributed by atoms with Gasteiger partial charge in [-0.25, -0.2) is 4.79 Å². The van der Waals surface area contributed by atoms with Gasteiger partial charge >= 0.3 is 12.0 Å². The maximum absolute atomic E-state index is 11.9. The van der Waals surface area contributed by atoms with Gasteiger partial charge in [-0.05, 0) is 37.5 Å². The second-order valence-corrected chi connectivity index (χ2v) is 5.83. The summed E-state index contributed by atoms with van der Waals surface area (Å²) in [4.78, 5) is 24.3. The van der Waals surface area contributed by atoms with E-state index < -0.39 is 5.97 Å². The third-order valence-electron chi connectivity index (χ3n) is 4.19. The molecular weight excluding hydrogens is 244 g/mol. The fraction of sp³-hybridized carbons (Fsp3) is 0.857. The summed E-state index contributed by atoms with van der Waals surface area (Å²) >= 11 is 0. The number of carbonyl (C=O) groups is 2. The predicted molar refractivity (Wildman–Crippen MR) is 71.9 cm³/mol. The molecule has 2 amide bonds. The van der Waals surface area contributed by atoms with Gasteiger partial charge in [0, 0.05) is 26.1 Å². The summed E-state index contributed by atoms with van der Waals surface area (Å²) in [6, 6.07) is 0.0531. The first-order chi connectivity index (χ1) is 9.15. The van der Waals surface area contributed by atoms with E-state index in [9.17, 15) is 9.59 Å². The second-order valence-electron chi connectivity index (χ2n) is 5.83. The molecule has 2 aliphatic rings. The Morgan fingerprint density at radius 2 is 1.68 bits per heavy atom. The minimum absolute atomic E-state index is 0.0531. The maximum Gasteiger partial charge on any atom is 0.317 e. The zero-order valence-corrected chi connectivity index (χ0v) is 11.4. The second kappa shape index (κ2) is 6.78. The minimum Gasteiger partial charge on any atom is -0.481 e. The molecule has 0 bridgehead atoms. The van der Waals surface area contributed by atoms with Gasteiger partial charge in [-0.3, -0.25) is 4.79 Å². The summed E-state index contributed by atoms with van der Waals surface area (Å²) in [7, 11) is 0. The lowest BCUT2D eigenvalue weighted by Crippen LogP contribution is -2.44. The first-order valence-electron chi connectivity index (χ1n) is 7.39. The van der Waals surface area contributed by atoms with Crippen LogP contribution in [0, 0.1) is 11.8 Å². The van der Waals surface area contributed by atoms with Gasteiger partial charge in [0.15, 0.2) is 0 Å². The highest BCUT2D eigenvalue weighted by Gasteiger charge is 2.24. The third-order valence-corrected chi connectivity index (χ3v) is 4.19. The molecule has 0 radical (unpaired) electrons. The SMILES string of the molecule is O=C(O)CCC1CCN(C(=O)NCCC2CC2)CC1. The van der Waals surface area contributed by atoms with Crippen LogP contribution in [0.3, 0.4) is 0 Å². The van der Waals surface area contributed by atoms with Crippen LogP contribution in [-0.4, -0.2) is 41.6 Å². The van der Waals surface area contributed by atoms with E-state index in [4.69, 9.17) is 5.11 Å². The fourth-order valence-electron chi connectivity index (χ4n) is 2.65. The molecule has 0 unspecified atom stereocenters. The average Bonchev–Trinajstić information content (AvgIpc) is 3.21. The monoisotopic (exact) mass is 268 g/mol. The number of urea groups is 1. The highest BCUT2D eigenvalue weighted by molar-refractivity contribution is 5.74. The van der Waals surface area contributed by atoms with Crippen LogP contribution in [0.15, 0.2) is 0 Å². The first-order valence-corrected chi connectivity index (χ1v) is 7.39. The molecule has 19 heavy (non-hydrogen) atoms. The number of carbonyl (C=O) groups excluding carboxylic acids is 1. The first kappa shape index (κ1) is 14.2. The Balaban J connectivity index is 1.58. The van der Waals surface area contributed by atoms with Gasteiger partial charge in [0.25, 0.3) is 0 Å². The summed E-state index contributed by atoms with van der Waals surface area (Å²) in [6.45, 7) is 2.32. The number of hydrogen-bond donors (Lipinski definition) is 2. The van der Waals surface area contributed by atoms with Crippen LogP contribution in [0.4, 0.5) is 4.79 Å². The Kier molecular flexibility index (Phi) is 5.05. The lowest BCUT2D eigenvalue weighted by atomic mass is 9.92. The summed E-state index contributed by atoms with van der Waals surface area (Å²) in [5.74, 6) is 0.592. The van der Waals surface area contributed by atoms with Gasteiger partial charge in [-0.1, -0.05) is 12.8 Å². The summed E-state index contributed by atoms with van der Waals surface area (Å²) < 4.78 is 0. The fourth-order valence-corrected chi connectivity index (χ4v) is 2.65. The van der Waals surface area contributed by atoms with Crippen LogP contribution < -0.4 is 5.32 Å². The Hall–Kier alpha value is -1.26.